The fraction of sp³-hybridized carbons (Fsp3) is 0.353. The summed E-state index contributed by atoms with van der Waals surface area (Å²) in [4.78, 5) is 13.8. The van der Waals surface area contributed by atoms with Crippen LogP contribution in [-0.2, 0) is 13.1 Å². The zero-order valence-electron chi connectivity index (χ0n) is 12.8. The van der Waals surface area contributed by atoms with E-state index in [1.54, 1.807) is 0 Å². The lowest BCUT2D eigenvalue weighted by Crippen LogP contribution is -2.23. The van der Waals surface area contributed by atoms with E-state index in [0.717, 1.165) is 12.2 Å². The summed E-state index contributed by atoms with van der Waals surface area (Å²) in [6.45, 7) is 5.53. The smallest absolute Gasteiger partial charge is 0.223 e. The van der Waals surface area contributed by atoms with Gasteiger partial charge in [0.05, 0.1) is 6.20 Å². The largest absolute Gasteiger partial charge is 0.503 e. The van der Waals surface area contributed by atoms with Gasteiger partial charge in [0.1, 0.15) is 0 Å². The number of rotatable bonds is 5. The zero-order valence-corrected chi connectivity index (χ0v) is 12.8. The SMILES string of the molecule is CC(C)n1cc(O)c(=O)cc1CN(C)Cc1ccccc1. The molecule has 1 aromatic heterocycles. The number of hydrogen-bond donors (Lipinski definition) is 1. The van der Waals surface area contributed by atoms with Gasteiger partial charge < -0.3 is 9.67 Å². The first-order chi connectivity index (χ1) is 9.97. The van der Waals surface area contributed by atoms with Crippen molar-refractivity contribution in [2.75, 3.05) is 7.05 Å². The molecule has 0 bridgehead atoms. The van der Waals surface area contributed by atoms with Crippen LogP contribution in [0.2, 0.25) is 0 Å². The Hall–Kier alpha value is -2.07. The summed E-state index contributed by atoms with van der Waals surface area (Å²) in [6, 6.07) is 11.9. The third kappa shape index (κ3) is 3.95. The van der Waals surface area contributed by atoms with Gasteiger partial charge in [-0.05, 0) is 26.5 Å². The van der Waals surface area contributed by atoms with Crippen LogP contribution in [0.3, 0.4) is 0 Å². The highest BCUT2D eigenvalue weighted by Crippen LogP contribution is 2.15. The van der Waals surface area contributed by atoms with Crippen molar-refractivity contribution in [3.05, 3.63) is 64.1 Å². The van der Waals surface area contributed by atoms with Crippen LogP contribution >= 0.6 is 0 Å². The van der Waals surface area contributed by atoms with Gasteiger partial charge in [0.15, 0.2) is 5.75 Å². The van der Waals surface area contributed by atoms with Gasteiger partial charge in [0, 0.05) is 30.9 Å². The quantitative estimate of drug-likeness (QED) is 0.919. The molecule has 112 valence electrons. The number of aromatic nitrogens is 1. The Bertz CT molecular complexity index is 648. The minimum Gasteiger partial charge on any atom is -0.503 e. The first kappa shape index (κ1) is 15.3. The topological polar surface area (TPSA) is 45.5 Å². The molecule has 1 N–H and O–H groups in total. The van der Waals surface area contributed by atoms with Crippen LogP contribution < -0.4 is 5.43 Å². The Morgan fingerprint density at radius 3 is 2.48 bits per heavy atom. The van der Waals surface area contributed by atoms with E-state index in [-0.39, 0.29) is 17.2 Å². The molecule has 4 nitrogen and oxygen atoms in total. The van der Waals surface area contributed by atoms with Crippen molar-refractivity contribution in [2.45, 2.75) is 33.0 Å². The van der Waals surface area contributed by atoms with Gasteiger partial charge in [0.25, 0.3) is 0 Å². The number of nitrogens with zero attached hydrogens (tertiary/aromatic N) is 2. The van der Waals surface area contributed by atoms with Gasteiger partial charge in [-0.25, -0.2) is 0 Å². The summed E-state index contributed by atoms with van der Waals surface area (Å²) in [5.41, 5.74) is 1.82. The van der Waals surface area contributed by atoms with Crippen LogP contribution in [-0.4, -0.2) is 21.6 Å². The predicted molar refractivity (Wildman–Crippen MR) is 84.4 cm³/mol. The molecule has 0 spiro atoms. The maximum absolute atomic E-state index is 11.7. The molecule has 0 fully saturated rings. The highest BCUT2D eigenvalue weighted by Gasteiger charge is 2.10. The molecule has 0 saturated heterocycles. The number of aromatic hydroxyl groups is 1. The van der Waals surface area contributed by atoms with E-state index in [0.29, 0.717) is 6.54 Å². The van der Waals surface area contributed by atoms with Crippen molar-refractivity contribution in [3.8, 4) is 5.75 Å². The third-order valence-corrected chi connectivity index (χ3v) is 3.43. The van der Waals surface area contributed by atoms with E-state index in [1.165, 1.54) is 17.8 Å². The molecule has 2 rings (SSSR count). The molecule has 1 aromatic carbocycles. The number of benzene rings is 1. The maximum atomic E-state index is 11.7. The van der Waals surface area contributed by atoms with Crippen LogP contribution in [0.1, 0.15) is 31.1 Å². The van der Waals surface area contributed by atoms with Crippen molar-refractivity contribution in [3.63, 3.8) is 0 Å². The average Bonchev–Trinajstić information content (AvgIpc) is 2.43. The zero-order chi connectivity index (χ0) is 15.4. The Morgan fingerprint density at radius 2 is 1.86 bits per heavy atom. The Kier molecular flexibility index (Phi) is 4.81. The molecule has 0 aliphatic carbocycles. The minimum absolute atomic E-state index is 0.191. The molecule has 4 heteroatoms. The highest BCUT2D eigenvalue weighted by molar-refractivity contribution is 5.21. The normalized spacial score (nSPS) is 11.3. The van der Waals surface area contributed by atoms with E-state index < -0.39 is 0 Å². The molecule has 0 amide bonds. The molecular formula is C17H22N2O2. The second kappa shape index (κ2) is 6.59. The standard InChI is InChI=1S/C17H22N2O2/c1-13(2)19-12-17(21)16(20)9-15(19)11-18(3)10-14-7-5-4-6-8-14/h4-9,12-13,21H,10-11H2,1-3H3. The van der Waals surface area contributed by atoms with Gasteiger partial charge in [-0.3, -0.25) is 9.69 Å². The van der Waals surface area contributed by atoms with Crippen LogP contribution in [0.15, 0.2) is 47.4 Å². The van der Waals surface area contributed by atoms with Crippen molar-refractivity contribution in [1.82, 2.24) is 9.47 Å². The maximum Gasteiger partial charge on any atom is 0.223 e. The lowest BCUT2D eigenvalue weighted by atomic mass is 10.2. The highest BCUT2D eigenvalue weighted by atomic mass is 16.3. The van der Waals surface area contributed by atoms with E-state index >= 15 is 0 Å². The van der Waals surface area contributed by atoms with Crippen molar-refractivity contribution in [1.29, 1.82) is 0 Å². The molecule has 0 atom stereocenters. The van der Waals surface area contributed by atoms with Crippen LogP contribution in [0.4, 0.5) is 0 Å². The molecule has 0 unspecified atom stereocenters. The average molecular weight is 286 g/mol. The first-order valence-corrected chi connectivity index (χ1v) is 7.14. The molecule has 0 aliphatic rings. The van der Waals surface area contributed by atoms with Gasteiger partial charge >= 0.3 is 0 Å². The van der Waals surface area contributed by atoms with Gasteiger partial charge in [-0.15, -0.1) is 0 Å². The monoisotopic (exact) mass is 286 g/mol. The molecule has 1 heterocycles. The number of pyridine rings is 1. The Labute approximate surface area is 125 Å². The van der Waals surface area contributed by atoms with E-state index in [4.69, 9.17) is 0 Å². The fourth-order valence-corrected chi connectivity index (χ4v) is 2.41. The van der Waals surface area contributed by atoms with Crippen LogP contribution in [0.5, 0.6) is 5.75 Å². The summed E-state index contributed by atoms with van der Waals surface area (Å²) in [5.74, 6) is -0.196. The lowest BCUT2D eigenvalue weighted by Gasteiger charge is -2.22. The van der Waals surface area contributed by atoms with Crippen LogP contribution in [0.25, 0.3) is 0 Å². The van der Waals surface area contributed by atoms with Gasteiger partial charge in [-0.1, -0.05) is 30.3 Å². The Balaban J connectivity index is 2.18. The molecule has 0 radical (unpaired) electrons. The molecule has 0 aliphatic heterocycles. The summed E-state index contributed by atoms with van der Waals surface area (Å²) in [5, 5.41) is 9.60. The summed E-state index contributed by atoms with van der Waals surface area (Å²) >= 11 is 0. The van der Waals surface area contributed by atoms with E-state index in [9.17, 15) is 9.90 Å². The van der Waals surface area contributed by atoms with Crippen LogP contribution in [0, 0.1) is 0 Å². The summed E-state index contributed by atoms with van der Waals surface area (Å²) < 4.78 is 1.94. The second-order valence-electron chi connectivity index (χ2n) is 5.67. The third-order valence-electron chi connectivity index (χ3n) is 3.43. The Morgan fingerprint density at radius 1 is 1.19 bits per heavy atom. The first-order valence-electron chi connectivity index (χ1n) is 7.14. The van der Waals surface area contributed by atoms with Crippen molar-refractivity contribution < 1.29 is 5.11 Å². The minimum atomic E-state index is -0.324. The predicted octanol–water partition coefficient (Wildman–Crippen LogP) is 2.77. The number of hydrogen-bond acceptors (Lipinski definition) is 3. The lowest BCUT2D eigenvalue weighted by molar-refractivity contribution is 0.304. The van der Waals surface area contributed by atoms with Crippen molar-refractivity contribution in [2.24, 2.45) is 0 Å². The summed E-state index contributed by atoms with van der Waals surface area (Å²) in [6.07, 6.45) is 1.53. The van der Waals surface area contributed by atoms with Crippen molar-refractivity contribution >= 4 is 0 Å². The van der Waals surface area contributed by atoms with Gasteiger partial charge in [-0.2, -0.15) is 0 Å². The molecule has 2 aromatic rings. The fourth-order valence-electron chi connectivity index (χ4n) is 2.41. The van der Waals surface area contributed by atoms with E-state index in [1.807, 2.05) is 43.7 Å². The molecule has 0 saturated carbocycles. The van der Waals surface area contributed by atoms with Gasteiger partial charge in [0.2, 0.25) is 5.43 Å². The van der Waals surface area contributed by atoms with E-state index in [2.05, 4.69) is 17.0 Å². The summed E-state index contributed by atoms with van der Waals surface area (Å²) in [7, 11) is 2.02. The second-order valence-corrected chi connectivity index (χ2v) is 5.67. The molecular weight excluding hydrogens is 264 g/mol. The molecule has 21 heavy (non-hydrogen) atoms.